The van der Waals surface area contributed by atoms with Crippen LogP contribution in [0.2, 0.25) is 0 Å². The summed E-state index contributed by atoms with van der Waals surface area (Å²) < 4.78 is 47.7. The van der Waals surface area contributed by atoms with Crippen LogP contribution in [-0.2, 0) is 4.74 Å². The van der Waals surface area contributed by atoms with Crippen molar-refractivity contribution >= 4 is 0 Å². The van der Waals surface area contributed by atoms with Gasteiger partial charge in [-0.2, -0.15) is 4.39 Å². The lowest BCUT2D eigenvalue weighted by atomic mass is 10.0. The van der Waals surface area contributed by atoms with Crippen molar-refractivity contribution in [1.82, 2.24) is 0 Å². The Morgan fingerprint density at radius 3 is 1.94 bits per heavy atom. The van der Waals surface area contributed by atoms with Gasteiger partial charge in [-0.3, -0.25) is 0 Å². The summed E-state index contributed by atoms with van der Waals surface area (Å²) in [5.74, 6) is -3.74. The molecule has 0 amide bonds. The van der Waals surface area contributed by atoms with Gasteiger partial charge in [0.05, 0.1) is 6.10 Å². The van der Waals surface area contributed by atoms with E-state index in [0.717, 1.165) is 0 Å². The molecular weight excluding hydrogens is 413 g/mol. The molecule has 0 aromatic rings. The Balaban J connectivity index is 5.27. The van der Waals surface area contributed by atoms with Crippen LogP contribution >= 0.6 is 0 Å². The summed E-state index contributed by atoms with van der Waals surface area (Å²) in [7, 11) is 0. The zero-order valence-electron chi connectivity index (χ0n) is 18.8. The van der Waals surface area contributed by atoms with Crippen LogP contribution in [0.3, 0.4) is 0 Å². The van der Waals surface area contributed by atoms with Gasteiger partial charge in [-0.05, 0) is 48.6 Å². The third-order valence-corrected chi connectivity index (χ3v) is 4.20. The normalized spacial score (nSPS) is 13.8. The minimum Gasteiger partial charge on any atom is -0.487 e. The number of hydrogen-bond donors (Lipinski definition) is 1. The van der Waals surface area contributed by atoms with Crippen LogP contribution in [0.4, 0.5) is 13.2 Å². The molecule has 0 heterocycles. The maximum absolute atomic E-state index is 14.5. The predicted octanol–water partition coefficient (Wildman–Crippen LogP) is 7.76. The van der Waals surface area contributed by atoms with E-state index in [4.69, 9.17) is 4.74 Å². The Morgan fingerprint density at radius 1 is 0.906 bits per heavy atom. The number of allylic oxidation sites excluding steroid dienone is 12. The number of rotatable bonds is 14. The second-order valence-electron chi connectivity index (χ2n) is 6.98. The quantitative estimate of drug-likeness (QED) is 0.168. The van der Waals surface area contributed by atoms with E-state index in [1.807, 2.05) is 0 Å². The van der Waals surface area contributed by atoms with Crippen molar-refractivity contribution in [3.63, 3.8) is 0 Å². The average molecular weight is 445 g/mol. The largest absolute Gasteiger partial charge is 0.487 e. The van der Waals surface area contributed by atoms with Crippen LogP contribution in [0.15, 0.2) is 133 Å². The van der Waals surface area contributed by atoms with Gasteiger partial charge in [0.1, 0.15) is 12.4 Å². The van der Waals surface area contributed by atoms with Crippen molar-refractivity contribution < 1.29 is 23.0 Å². The molecule has 0 radical (unpaired) electrons. The fourth-order valence-electron chi connectivity index (χ4n) is 2.01. The molecule has 1 atom stereocenters. The van der Waals surface area contributed by atoms with Gasteiger partial charge in [0.15, 0.2) is 11.6 Å². The molecule has 0 aromatic carbocycles. The molecule has 0 aromatic heterocycles. The summed E-state index contributed by atoms with van der Waals surface area (Å²) in [4.78, 5) is 0. The lowest BCUT2D eigenvalue weighted by Gasteiger charge is -2.09. The highest BCUT2D eigenvalue weighted by Gasteiger charge is 2.15. The molecule has 0 saturated heterocycles. The molecule has 0 spiro atoms. The van der Waals surface area contributed by atoms with E-state index in [2.05, 4.69) is 46.1 Å². The van der Waals surface area contributed by atoms with Crippen molar-refractivity contribution in [1.29, 1.82) is 0 Å². The zero-order valence-corrected chi connectivity index (χ0v) is 18.8. The highest BCUT2D eigenvalue weighted by Crippen LogP contribution is 2.28. The number of ether oxygens (including phenoxy) is 1. The smallest absolute Gasteiger partial charge is 0.200 e. The molecule has 5 heteroatoms. The summed E-state index contributed by atoms with van der Waals surface area (Å²) in [6.07, 6.45) is 6.89. The van der Waals surface area contributed by atoms with Crippen LogP contribution in [0.25, 0.3) is 0 Å². The Labute approximate surface area is 189 Å². The van der Waals surface area contributed by atoms with Gasteiger partial charge in [0.2, 0.25) is 5.83 Å². The van der Waals surface area contributed by atoms with Crippen LogP contribution in [0.5, 0.6) is 0 Å². The molecule has 0 bridgehead atoms. The van der Waals surface area contributed by atoms with E-state index in [9.17, 15) is 18.3 Å². The standard InChI is InChI=1S/C27H31F3O2/c1-10-15-32-24(9)27(30)26(29)23(8)19(4)12-11-18(3)22(7)25(28)16-20(5)17(2)13-14-21(6)31/h10-13,16,21,31H,1,3-5,7-9,14-15H2,2,6H3/b12-11-,17-13+,25-16+,27-26-. The van der Waals surface area contributed by atoms with E-state index in [1.165, 1.54) is 24.3 Å². The van der Waals surface area contributed by atoms with Crippen molar-refractivity contribution in [2.45, 2.75) is 26.4 Å². The van der Waals surface area contributed by atoms with E-state index >= 15 is 0 Å². The summed E-state index contributed by atoms with van der Waals surface area (Å²) in [6, 6.07) is 0. The number of halogens is 3. The predicted molar refractivity (Wildman–Crippen MR) is 129 cm³/mol. The van der Waals surface area contributed by atoms with Crippen LogP contribution < -0.4 is 0 Å². The van der Waals surface area contributed by atoms with Crippen LogP contribution in [0, 0.1) is 0 Å². The number of hydrogen-bond acceptors (Lipinski definition) is 2. The average Bonchev–Trinajstić information content (AvgIpc) is 2.76. The Bertz CT molecular complexity index is 938. The fraction of sp³-hybridized carbons (Fsp3) is 0.185. The minimum atomic E-state index is -1.30. The summed E-state index contributed by atoms with van der Waals surface area (Å²) in [5.41, 5.74) is 1.01. The highest BCUT2D eigenvalue weighted by atomic mass is 19.2. The van der Waals surface area contributed by atoms with E-state index in [-0.39, 0.29) is 28.9 Å². The fourth-order valence-corrected chi connectivity index (χ4v) is 2.01. The third-order valence-electron chi connectivity index (χ3n) is 4.20. The van der Waals surface area contributed by atoms with Gasteiger partial charge in [-0.15, -0.1) is 0 Å². The van der Waals surface area contributed by atoms with Crippen molar-refractivity contribution in [3.8, 4) is 0 Å². The first-order valence-corrected chi connectivity index (χ1v) is 9.68. The number of aliphatic hydroxyl groups excluding tert-OH is 1. The first-order valence-electron chi connectivity index (χ1n) is 9.68. The zero-order chi connectivity index (χ0) is 25.0. The lowest BCUT2D eigenvalue weighted by Crippen LogP contribution is -1.97. The third kappa shape index (κ3) is 9.67. The molecule has 0 saturated carbocycles. The monoisotopic (exact) mass is 444 g/mol. The SMILES string of the molecule is C=CCOC(=C)/C(F)=C(/F)C(=C)C(=C)/C=C\C(=C)C(=C)/C(F)=C\C(=C)/C(C)=C/CC(C)O. The summed E-state index contributed by atoms with van der Waals surface area (Å²) in [6.45, 7) is 28.3. The van der Waals surface area contributed by atoms with Gasteiger partial charge in [0.25, 0.3) is 0 Å². The molecule has 2 nitrogen and oxygen atoms in total. The molecule has 0 aliphatic carbocycles. The molecule has 172 valence electrons. The Hall–Kier alpha value is -3.31. The lowest BCUT2D eigenvalue weighted by molar-refractivity contribution is 0.198. The van der Waals surface area contributed by atoms with Gasteiger partial charge < -0.3 is 9.84 Å². The Kier molecular flexibility index (Phi) is 12.4. The molecule has 0 rings (SSSR count). The van der Waals surface area contributed by atoms with Crippen molar-refractivity contribution in [2.24, 2.45) is 0 Å². The molecule has 0 aliphatic rings. The second-order valence-corrected chi connectivity index (χ2v) is 6.98. The summed E-state index contributed by atoms with van der Waals surface area (Å²) in [5, 5.41) is 9.32. The molecule has 0 aliphatic heterocycles. The van der Waals surface area contributed by atoms with E-state index in [1.54, 1.807) is 19.9 Å². The van der Waals surface area contributed by atoms with Gasteiger partial charge in [-0.25, -0.2) is 8.78 Å². The van der Waals surface area contributed by atoms with Crippen molar-refractivity contribution in [3.05, 3.63) is 133 Å². The highest BCUT2D eigenvalue weighted by molar-refractivity contribution is 5.54. The van der Waals surface area contributed by atoms with Crippen LogP contribution in [0.1, 0.15) is 20.3 Å². The Morgan fingerprint density at radius 2 is 1.44 bits per heavy atom. The second kappa shape index (κ2) is 13.9. The maximum Gasteiger partial charge on any atom is 0.200 e. The van der Waals surface area contributed by atoms with Gasteiger partial charge >= 0.3 is 0 Å². The molecule has 1 unspecified atom stereocenters. The first kappa shape index (κ1) is 28.7. The summed E-state index contributed by atoms with van der Waals surface area (Å²) >= 11 is 0. The van der Waals surface area contributed by atoms with Crippen molar-refractivity contribution in [2.75, 3.05) is 6.61 Å². The topological polar surface area (TPSA) is 29.5 Å². The first-order chi connectivity index (χ1) is 14.8. The molecule has 1 N–H and O–H groups in total. The minimum absolute atomic E-state index is 0.0162. The molecule has 0 fully saturated rings. The van der Waals surface area contributed by atoms with Crippen LogP contribution in [-0.4, -0.2) is 17.8 Å². The maximum atomic E-state index is 14.5. The molecular formula is C27H31F3O2. The molecule has 32 heavy (non-hydrogen) atoms. The van der Waals surface area contributed by atoms with E-state index in [0.29, 0.717) is 17.6 Å². The van der Waals surface area contributed by atoms with Gasteiger partial charge in [0, 0.05) is 11.1 Å². The van der Waals surface area contributed by atoms with Gasteiger partial charge in [-0.1, -0.05) is 70.4 Å². The van der Waals surface area contributed by atoms with E-state index < -0.39 is 29.3 Å². The number of aliphatic hydroxyl groups is 1.